The minimum atomic E-state index is 0. The van der Waals surface area contributed by atoms with Crippen LogP contribution in [0.2, 0.25) is 11.4 Å². The number of hydrogen-bond donors (Lipinski definition) is 0. The van der Waals surface area contributed by atoms with Gasteiger partial charge in [-0.3, -0.25) is 0 Å². The van der Waals surface area contributed by atoms with Crippen LogP contribution in [-0.2, 0) is 0 Å². The van der Waals surface area contributed by atoms with Gasteiger partial charge in [0.2, 0.25) is 0 Å². The second kappa shape index (κ2) is 8.82. The summed E-state index contributed by atoms with van der Waals surface area (Å²) in [5.74, 6) is 0. The average molecular weight is 130 g/mol. The van der Waals surface area contributed by atoms with Gasteiger partial charge in [-0.25, -0.2) is 0 Å². The normalized spacial score (nSPS) is 4.50. The predicted molar refractivity (Wildman–Crippen MR) is 26.0 cm³/mol. The van der Waals surface area contributed by atoms with Crippen molar-refractivity contribution in [1.82, 2.24) is 0 Å². The quantitative estimate of drug-likeness (QED) is 0.400. The zero-order valence-corrected chi connectivity index (χ0v) is 4.60. The molecular weight excluding hydrogens is 122 g/mol. The van der Waals surface area contributed by atoms with Gasteiger partial charge in [-0.2, -0.15) is 0 Å². The van der Waals surface area contributed by atoms with E-state index in [0.29, 0.717) is 15.8 Å². The van der Waals surface area contributed by atoms with E-state index >= 15 is 0 Å². The Balaban J connectivity index is 0. The monoisotopic (exact) mass is 130 g/mol. The van der Waals surface area contributed by atoms with Gasteiger partial charge in [0.1, 0.15) is 0 Å². The molecule has 0 spiro atoms. The topological polar surface area (TPSA) is 0 Å². The maximum absolute atomic E-state index is 2.25. The molecule has 0 rings (SSSR count). The van der Waals surface area contributed by atoms with Gasteiger partial charge in [-0.1, -0.05) is 0 Å². The SMILES string of the molecule is C[AsH]C.[NaH]. The van der Waals surface area contributed by atoms with E-state index in [-0.39, 0.29) is 29.6 Å². The molecule has 0 saturated carbocycles. The Labute approximate surface area is 56.3 Å². The van der Waals surface area contributed by atoms with Gasteiger partial charge in [0, 0.05) is 0 Å². The van der Waals surface area contributed by atoms with Crippen LogP contribution in [0.3, 0.4) is 0 Å². The van der Waals surface area contributed by atoms with Gasteiger partial charge in [0.15, 0.2) is 0 Å². The Morgan fingerprint density at radius 1 is 1.25 bits per heavy atom. The Morgan fingerprint density at radius 2 is 1.25 bits per heavy atom. The summed E-state index contributed by atoms with van der Waals surface area (Å²) in [5, 5.41) is 0. The first-order valence-electron chi connectivity index (χ1n) is 1.00. The predicted octanol–water partition coefficient (Wildman–Crippen LogP) is -0.129. The van der Waals surface area contributed by atoms with Crippen molar-refractivity contribution in [2.45, 2.75) is 11.4 Å². The van der Waals surface area contributed by atoms with Gasteiger partial charge in [-0.15, -0.1) is 0 Å². The van der Waals surface area contributed by atoms with Crippen LogP contribution >= 0.6 is 0 Å². The average Bonchev–Trinajstić information content (AvgIpc) is 0.918. The summed E-state index contributed by atoms with van der Waals surface area (Å²) in [6.07, 6.45) is 0. The maximum atomic E-state index is 2.25. The molecule has 0 aromatic rings. The molecule has 0 nitrogen and oxygen atoms in total. The molecule has 0 amide bonds. The number of hydrogen-bond acceptors (Lipinski definition) is 0. The van der Waals surface area contributed by atoms with Gasteiger partial charge in [0.25, 0.3) is 0 Å². The molecule has 0 heterocycles. The van der Waals surface area contributed by atoms with Crippen molar-refractivity contribution >= 4 is 45.3 Å². The van der Waals surface area contributed by atoms with Crippen LogP contribution < -0.4 is 0 Å². The summed E-state index contributed by atoms with van der Waals surface area (Å²) in [6.45, 7) is 0. The van der Waals surface area contributed by atoms with Crippen molar-refractivity contribution in [1.29, 1.82) is 0 Å². The second-order valence-corrected chi connectivity index (χ2v) is 2.60. The van der Waals surface area contributed by atoms with Crippen LogP contribution in [-0.4, -0.2) is 45.3 Å². The van der Waals surface area contributed by atoms with Crippen molar-refractivity contribution in [2.75, 3.05) is 0 Å². The van der Waals surface area contributed by atoms with E-state index in [0.717, 1.165) is 0 Å². The molecule has 0 aromatic heterocycles. The third-order valence-corrected chi connectivity index (χ3v) is 0. The van der Waals surface area contributed by atoms with Crippen molar-refractivity contribution in [3.05, 3.63) is 0 Å². The summed E-state index contributed by atoms with van der Waals surface area (Å²) in [6, 6.07) is 0. The fourth-order valence-corrected chi connectivity index (χ4v) is 0. The molecule has 0 fully saturated rings. The Hall–Kier alpha value is 1.56. The molecule has 0 bridgehead atoms. The van der Waals surface area contributed by atoms with Crippen LogP contribution in [0.1, 0.15) is 0 Å². The van der Waals surface area contributed by atoms with Gasteiger partial charge in [0.05, 0.1) is 0 Å². The third kappa shape index (κ3) is 9.59. The summed E-state index contributed by atoms with van der Waals surface area (Å²) in [4.78, 5) is 0. The number of rotatable bonds is 0. The van der Waals surface area contributed by atoms with E-state index in [4.69, 9.17) is 0 Å². The Kier molecular flexibility index (Phi) is 20.1. The Bertz CT molecular complexity index is 6.00. The zero-order chi connectivity index (χ0) is 2.71. The molecule has 0 aliphatic heterocycles. The summed E-state index contributed by atoms with van der Waals surface area (Å²) < 4.78 is 0. The molecular formula is C2H8AsNa. The van der Waals surface area contributed by atoms with Crippen LogP contribution in [0.25, 0.3) is 0 Å². The van der Waals surface area contributed by atoms with Crippen molar-refractivity contribution < 1.29 is 0 Å². The molecule has 0 aromatic carbocycles. The van der Waals surface area contributed by atoms with Crippen LogP contribution in [0, 0.1) is 0 Å². The molecule has 0 atom stereocenters. The van der Waals surface area contributed by atoms with E-state index in [2.05, 4.69) is 11.4 Å². The molecule has 0 saturated heterocycles. The van der Waals surface area contributed by atoms with Gasteiger partial charge in [-0.05, 0) is 0 Å². The molecule has 0 radical (unpaired) electrons. The summed E-state index contributed by atoms with van der Waals surface area (Å²) >= 11 is 0.500. The summed E-state index contributed by atoms with van der Waals surface area (Å²) in [7, 11) is 0. The first kappa shape index (κ1) is 9.12. The third-order valence-electron chi connectivity index (χ3n) is 0. The second-order valence-electron chi connectivity index (χ2n) is 0.500. The Morgan fingerprint density at radius 3 is 1.25 bits per heavy atom. The van der Waals surface area contributed by atoms with E-state index in [9.17, 15) is 0 Å². The summed E-state index contributed by atoms with van der Waals surface area (Å²) in [5.41, 5.74) is 4.50. The standard InChI is InChI=1S/C2H7As.Na.H/c1-3-2;;/h3H,1-2H3;;. The zero-order valence-electron chi connectivity index (χ0n) is 2.50. The van der Waals surface area contributed by atoms with E-state index < -0.39 is 0 Å². The van der Waals surface area contributed by atoms with E-state index in [1.54, 1.807) is 0 Å². The van der Waals surface area contributed by atoms with Crippen molar-refractivity contribution in [2.24, 2.45) is 0 Å². The van der Waals surface area contributed by atoms with E-state index in [1.165, 1.54) is 0 Å². The van der Waals surface area contributed by atoms with Crippen LogP contribution in [0.5, 0.6) is 0 Å². The van der Waals surface area contributed by atoms with Crippen LogP contribution in [0.15, 0.2) is 0 Å². The van der Waals surface area contributed by atoms with Gasteiger partial charge < -0.3 is 0 Å². The molecule has 4 heavy (non-hydrogen) atoms. The fraction of sp³-hybridized carbons (Fsp3) is 1.00. The molecule has 0 aliphatic rings. The van der Waals surface area contributed by atoms with E-state index in [1.807, 2.05) is 0 Å². The molecule has 0 unspecified atom stereocenters. The molecule has 0 aliphatic carbocycles. The molecule has 0 N–H and O–H groups in total. The first-order valence-corrected chi connectivity index (χ1v) is 5.20. The fourth-order valence-electron chi connectivity index (χ4n) is 0. The van der Waals surface area contributed by atoms with Crippen molar-refractivity contribution in [3.63, 3.8) is 0 Å². The molecule has 22 valence electrons. The molecule has 2 heteroatoms. The minimum absolute atomic E-state index is 0. The van der Waals surface area contributed by atoms with Gasteiger partial charge >= 0.3 is 56.7 Å². The first-order chi connectivity index (χ1) is 1.41. The van der Waals surface area contributed by atoms with Crippen molar-refractivity contribution in [3.8, 4) is 0 Å². The van der Waals surface area contributed by atoms with Crippen LogP contribution in [0.4, 0.5) is 0 Å².